The Hall–Kier alpha value is -1.92. The van der Waals surface area contributed by atoms with Gasteiger partial charge in [-0.15, -0.1) is 0 Å². The number of amidine groups is 1. The van der Waals surface area contributed by atoms with E-state index in [-0.39, 0.29) is 24.9 Å². The van der Waals surface area contributed by atoms with Gasteiger partial charge in [-0.1, -0.05) is 0 Å². The zero-order valence-electron chi connectivity index (χ0n) is 17.8. The summed E-state index contributed by atoms with van der Waals surface area (Å²) in [5.74, 6) is -1.73. The van der Waals surface area contributed by atoms with Gasteiger partial charge in [-0.05, 0) is 52.6 Å². The van der Waals surface area contributed by atoms with Crippen LogP contribution < -0.4 is 11.1 Å². The Morgan fingerprint density at radius 1 is 1.37 bits per heavy atom. The molecule has 4 N–H and O–H groups in total. The summed E-state index contributed by atoms with van der Waals surface area (Å²) in [5, 5.41) is 11.4. The molecule has 0 aromatic heterocycles. The Morgan fingerprint density at radius 3 is 2.47 bits per heavy atom. The van der Waals surface area contributed by atoms with Crippen molar-refractivity contribution in [3.05, 3.63) is 0 Å². The topological polar surface area (TPSA) is 161 Å². The normalized spacial score (nSPS) is 23.0. The highest BCUT2D eigenvalue weighted by Gasteiger charge is 2.48. The molecule has 30 heavy (non-hydrogen) atoms. The molecule has 2 fully saturated rings. The molecule has 0 bridgehead atoms. The van der Waals surface area contributed by atoms with Gasteiger partial charge in [0, 0.05) is 0 Å². The fourth-order valence-corrected chi connectivity index (χ4v) is 4.17. The minimum absolute atomic E-state index is 0.0764. The third-order valence-corrected chi connectivity index (χ3v) is 5.51. The van der Waals surface area contributed by atoms with Crippen molar-refractivity contribution >= 4 is 28.0 Å². The van der Waals surface area contributed by atoms with Crippen LogP contribution >= 0.6 is 0 Å². The summed E-state index contributed by atoms with van der Waals surface area (Å²) in [6.07, 6.45) is 0.597. The van der Waals surface area contributed by atoms with Crippen LogP contribution in [0.2, 0.25) is 0 Å². The SMILES string of the molecule is CC(C)(C)OC(=O)C(C(C(=N)N)C1CCNCC1)N1CC(COS(C)(=O)=O)OC1=O. The molecule has 12 heteroatoms. The van der Waals surface area contributed by atoms with Crippen LogP contribution in [0.3, 0.4) is 0 Å². The molecule has 3 atom stereocenters. The Bertz CT molecular complexity index is 759. The van der Waals surface area contributed by atoms with Crippen molar-refractivity contribution in [1.29, 1.82) is 5.41 Å². The first-order valence-electron chi connectivity index (χ1n) is 9.87. The standard InChI is InChI=1S/C18H32N4O7S/c1-18(2,3)29-16(23)14(13(15(19)20)11-5-7-21-8-6-11)22-9-12(28-17(22)24)10-27-30(4,25)26/h11-14,21H,5-10H2,1-4H3,(H3,19,20). The summed E-state index contributed by atoms with van der Waals surface area (Å²) < 4.78 is 38.0. The quantitative estimate of drug-likeness (QED) is 0.201. The lowest BCUT2D eigenvalue weighted by molar-refractivity contribution is -0.162. The maximum absolute atomic E-state index is 13.1. The second kappa shape index (κ2) is 9.48. The summed E-state index contributed by atoms with van der Waals surface area (Å²) in [7, 11) is -3.72. The molecule has 2 rings (SSSR count). The molecule has 3 unspecified atom stereocenters. The molecule has 2 heterocycles. The van der Waals surface area contributed by atoms with Crippen LogP contribution in [0.5, 0.6) is 0 Å². The number of hydrogen-bond acceptors (Lipinski definition) is 9. The summed E-state index contributed by atoms with van der Waals surface area (Å²) in [4.78, 5) is 26.9. The number of cyclic esters (lactones) is 1. The summed E-state index contributed by atoms with van der Waals surface area (Å²) in [6.45, 7) is 6.11. The van der Waals surface area contributed by atoms with Crippen molar-refractivity contribution < 1.29 is 31.7 Å². The highest BCUT2D eigenvalue weighted by molar-refractivity contribution is 7.85. The molecule has 2 aliphatic rings. The number of nitrogens with two attached hydrogens (primary N) is 1. The lowest BCUT2D eigenvalue weighted by Crippen LogP contribution is -2.56. The second-order valence-corrected chi connectivity index (χ2v) is 10.3. The molecule has 2 saturated heterocycles. The Morgan fingerprint density at radius 2 is 1.97 bits per heavy atom. The number of piperidine rings is 1. The molecule has 0 aromatic rings. The van der Waals surface area contributed by atoms with Crippen LogP contribution in [-0.4, -0.2) is 81.5 Å². The van der Waals surface area contributed by atoms with Crippen LogP contribution in [0.25, 0.3) is 0 Å². The zero-order chi connectivity index (χ0) is 22.7. The minimum Gasteiger partial charge on any atom is -0.458 e. The van der Waals surface area contributed by atoms with Gasteiger partial charge in [0.25, 0.3) is 10.1 Å². The van der Waals surface area contributed by atoms with E-state index in [4.69, 9.17) is 24.8 Å². The van der Waals surface area contributed by atoms with E-state index in [0.29, 0.717) is 25.9 Å². The smallest absolute Gasteiger partial charge is 0.411 e. The molecule has 0 aliphatic carbocycles. The average molecular weight is 449 g/mol. The van der Waals surface area contributed by atoms with E-state index >= 15 is 0 Å². The van der Waals surface area contributed by atoms with E-state index in [2.05, 4.69) is 5.32 Å². The largest absolute Gasteiger partial charge is 0.458 e. The van der Waals surface area contributed by atoms with Gasteiger partial charge >= 0.3 is 12.1 Å². The lowest BCUT2D eigenvalue weighted by atomic mass is 9.78. The highest BCUT2D eigenvalue weighted by atomic mass is 32.2. The molecule has 1 amide bonds. The maximum Gasteiger partial charge on any atom is 0.411 e. The molecule has 0 spiro atoms. The molecule has 11 nitrogen and oxygen atoms in total. The van der Waals surface area contributed by atoms with Crippen LogP contribution in [0, 0.1) is 17.2 Å². The Labute approximate surface area is 177 Å². The molecule has 2 aliphatic heterocycles. The number of carbonyl (C=O) groups excluding carboxylic acids is 2. The third kappa shape index (κ3) is 6.81. The summed E-state index contributed by atoms with van der Waals surface area (Å²) >= 11 is 0. The van der Waals surface area contributed by atoms with Crippen molar-refractivity contribution in [3.63, 3.8) is 0 Å². The van der Waals surface area contributed by atoms with Crippen molar-refractivity contribution in [1.82, 2.24) is 10.2 Å². The number of ether oxygens (including phenoxy) is 2. The van der Waals surface area contributed by atoms with Crippen molar-refractivity contribution in [2.75, 3.05) is 32.5 Å². The summed E-state index contributed by atoms with van der Waals surface area (Å²) in [5.41, 5.74) is 5.09. The first kappa shape index (κ1) is 24.4. The van der Waals surface area contributed by atoms with E-state index in [0.717, 1.165) is 6.26 Å². The predicted octanol–water partition coefficient (Wildman–Crippen LogP) is 0.0455. The lowest BCUT2D eigenvalue weighted by Gasteiger charge is -2.38. The number of carbonyl (C=O) groups is 2. The van der Waals surface area contributed by atoms with E-state index in [1.165, 1.54) is 4.90 Å². The average Bonchev–Trinajstić information content (AvgIpc) is 2.96. The van der Waals surface area contributed by atoms with Crippen molar-refractivity contribution in [2.45, 2.75) is 51.4 Å². The molecule has 172 valence electrons. The fraction of sp³-hybridized carbons (Fsp3) is 0.833. The number of esters is 1. The van der Waals surface area contributed by atoms with Gasteiger partial charge in [-0.25, -0.2) is 9.59 Å². The Kier molecular flexibility index (Phi) is 7.69. The number of rotatable bonds is 8. The second-order valence-electron chi connectivity index (χ2n) is 8.69. The van der Waals surface area contributed by atoms with Gasteiger partial charge in [0.1, 0.15) is 24.4 Å². The van der Waals surface area contributed by atoms with Crippen LogP contribution in [0.1, 0.15) is 33.6 Å². The zero-order valence-corrected chi connectivity index (χ0v) is 18.7. The van der Waals surface area contributed by atoms with E-state index < -0.39 is 45.8 Å². The first-order chi connectivity index (χ1) is 13.8. The predicted molar refractivity (Wildman–Crippen MR) is 108 cm³/mol. The van der Waals surface area contributed by atoms with E-state index in [9.17, 15) is 18.0 Å². The van der Waals surface area contributed by atoms with Gasteiger partial charge in [-0.3, -0.25) is 14.5 Å². The maximum atomic E-state index is 13.1. The molecule has 0 aromatic carbocycles. The van der Waals surface area contributed by atoms with Crippen molar-refractivity contribution in [2.24, 2.45) is 17.6 Å². The fourth-order valence-electron chi connectivity index (χ4n) is 3.77. The van der Waals surface area contributed by atoms with Gasteiger partial charge < -0.3 is 20.5 Å². The third-order valence-electron chi connectivity index (χ3n) is 4.95. The van der Waals surface area contributed by atoms with Gasteiger partial charge in [0.15, 0.2) is 0 Å². The monoisotopic (exact) mass is 448 g/mol. The Balaban J connectivity index is 2.31. The van der Waals surface area contributed by atoms with E-state index in [1.54, 1.807) is 20.8 Å². The number of amides is 1. The first-order valence-corrected chi connectivity index (χ1v) is 11.7. The van der Waals surface area contributed by atoms with Crippen LogP contribution in [-0.2, 0) is 28.6 Å². The molecular formula is C18H32N4O7S. The van der Waals surface area contributed by atoms with Gasteiger partial charge in [0.05, 0.1) is 24.6 Å². The molecular weight excluding hydrogens is 416 g/mol. The number of nitrogens with one attached hydrogen (secondary N) is 2. The number of nitrogens with zero attached hydrogens (tertiary/aromatic N) is 1. The number of hydrogen-bond donors (Lipinski definition) is 3. The summed E-state index contributed by atoms with van der Waals surface area (Å²) in [6, 6.07) is -1.15. The molecule has 0 radical (unpaired) electrons. The van der Waals surface area contributed by atoms with Crippen molar-refractivity contribution in [3.8, 4) is 0 Å². The van der Waals surface area contributed by atoms with Crippen LogP contribution in [0.15, 0.2) is 0 Å². The highest BCUT2D eigenvalue weighted by Crippen LogP contribution is 2.31. The van der Waals surface area contributed by atoms with Gasteiger partial charge in [-0.2, -0.15) is 8.42 Å². The van der Waals surface area contributed by atoms with Crippen LogP contribution in [0.4, 0.5) is 4.79 Å². The molecule has 0 saturated carbocycles. The van der Waals surface area contributed by atoms with E-state index in [1.807, 2.05) is 0 Å². The minimum atomic E-state index is -3.72. The van der Waals surface area contributed by atoms with Gasteiger partial charge in [0.2, 0.25) is 0 Å².